The minimum atomic E-state index is -0.577. The van der Waals surface area contributed by atoms with Crippen molar-refractivity contribution in [1.29, 1.82) is 0 Å². The molecular formula is C27H42N8O3. The van der Waals surface area contributed by atoms with Crippen LogP contribution in [0.3, 0.4) is 0 Å². The fourth-order valence-electron chi connectivity index (χ4n) is 6.14. The molecular weight excluding hydrogens is 484 g/mol. The van der Waals surface area contributed by atoms with Gasteiger partial charge in [-0.25, -0.2) is 4.79 Å². The Morgan fingerprint density at radius 1 is 1.18 bits per heavy atom. The van der Waals surface area contributed by atoms with Crippen molar-refractivity contribution >= 4 is 17.8 Å². The summed E-state index contributed by atoms with van der Waals surface area (Å²) in [4.78, 5) is 33.4. The van der Waals surface area contributed by atoms with Crippen LogP contribution < -0.4 is 5.32 Å². The zero-order valence-electron chi connectivity index (χ0n) is 23.6. The quantitative estimate of drug-likeness (QED) is 0.620. The van der Waals surface area contributed by atoms with Gasteiger partial charge in [0.15, 0.2) is 5.82 Å². The number of nitrogens with one attached hydrogen (secondary N) is 2. The average Bonchev–Trinajstić information content (AvgIpc) is 3.54. The number of amides is 3. The summed E-state index contributed by atoms with van der Waals surface area (Å²) < 4.78 is 7.12. The summed E-state index contributed by atoms with van der Waals surface area (Å²) in [6.45, 7) is 15.2. The van der Waals surface area contributed by atoms with Crippen LogP contribution in [-0.2, 0) is 30.3 Å². The number of nitrogens with zero attached hydrogens (tertiary/aromatic N) is 6. The molecule has 0 aromatic carbocycles. The number of H-pyrrole nitrogens is 1. The second kappa shape index (κ2) is 10.3. The summed E-state index contributed by atoms with van der Waals surface area (Å²) in [5.41, 5.74) is 2.48. The molecule has 208 valence electrons. The van der Waals surface area contributed by atoms with Crippen molar-refractivity contribution in [3.63, 3.8) is 0 Å². The lowest BCUT2D eigenvalue weighted by atomic mass is 9.97. The van der Waals surface area contributed by atoms with E-state index in [0.29, 0.717) is 36.6 Å². The van der Waals surface area contributed by atoms with Gasteiger partial charge in [-0.15, -0.1) is 0 Å². The lowest BCUT2D eigenvalue weighted by Crippen LogP contribution is -2.62. The number of ether oxygens (including phenoxy) is 1. The highest BCUT2D eigenvalue weighted by Gasteiger charge is 2.47. The van der Waals surface area contributed by atoms with Crippen molar-refractivity contribution in [3.8, 4) is 0 Å². The van der Waals surface area contributed by atoms with Crippen molar-refractivity contribution in [2.24, 2.45) is 13.0 Å². The lowest BCUT2D eigenvalue weighted by molar-refractivity contribution is 0.00882. The molecule has 11 heteroatoms. The highest BCUT2D eigenvalue weighted by atomic mass is 16.5. The average molecular weight is 527 g/mol. The summed E-state index contributed by atoms with van der Waals surface area (Å²) in [6, 6.07) is 2.24. The molecule has 0 bridgehead atoms. The number of carbonyl (C=O) groups excluding carboxylic acids is 2. The zero-order chi connectivity index (χ0) is 27.2. The van der Waals surface area contributed by atoms with E-state index in [-0.39, 0.29) is 18.0 Å². The standard InChI is InChI=1S/C27H42N8O3/c1-7-20-12-22(32(6)31-20)25(36)28-24-21-16-35(27(4,5)23(21)29-30-24)26(37)34-14-17(2)33(13-18(34)3)15-19-8-10-38-11-9-19/h12,17-19H,7-11,13-16H2,1-6H3,(H2,28,29,30,36)/t17-,18+/m1/s1. The third-order valence-corrected chi connectivity index (χ3v) is 8.65. The molecule has 3 aliphatic rings. The number of rotatable bonds is 5. The highest BCUT2D eigenvalue weighted by Crippen LogP contribution is 2.41. The highest BCUT2D eigenvalue weighted by molar-refractivity contribution is 6.03. The largest absolute Gasteiger partial charge is 0.381 e. The van der Waals surface area contributed by atoms with Gasteiger partial charge in [-0.3, -0.25) is 19.5 Å². The maximum absolute atomic E-state index is 14.0. The van der Waals surface area contributed by atoms with Gasteiger partial charge >= 0.3 is 6.03 Å². The first-order chi connectivity index (χ1) is 18.1. The maximum Gasteiger partial charge on any atom is 0.321 e. The van der Waals surface area contributed by atoms with E-state index in [1.54, 1.807) is 17.8 Å². The van der Waals surface area contributed by atoms with Crippen molar-refractivity contribution < 1.29 is 14.3 Å². The monoisotopic (exact) mass is 526 g/mol. The molecule has 0 radical (unpaired) electrons. The van der Waals surface area contributed by atoms with Crippen molar-refractivity contribution in [3.05, 3.63) is 28.7 Å². The minimum Gasteiger partial charge on any atom is -0.381 e. The molecule has 2 aromatic rings. The van der Waals surface area contributed by atoms with E-state index in [1.165, 1.54) is 0 Å². The first kappa shape index (κ1) is 26.7. The molecule has 0 spiro atoms. The van der Waals surface area contributed by atoms with Crippen LogP contribution in [0.15, 0.2) is 6.07 Å². The van der Waals surface area contributed by atoms with Gasteiger partial charge in [-0.2, -0.15) is 10.2 Å². The first-order valence-corrected chi connectivity index (χ1v) is 13.9. The van der Waals surface area contributed by atoms with Crippen molar-refractivity contribution in [2.45, 2.75) is 78.0 Å². The van der Waals surface area contributed by atoms with E-state index in [9.17, 15) is 9.59 Å². The fourth-order valence-corrected chi connectivity index (χ4v) is 6.14. The van der Waals surface area contributed by atoms with Crippen LogP contribution in [0.1, 0.15) is 74.9 Å². The van der Waals surface area contributed by atoms with E-state index in [0.717, 1.165) is 62.5 Å². The number of piperazine rings is 1. The maximum atomic E-state index is 14.0. The van der Waals surface area contributed by atoms with Gasteiger partial charge in [-0.1, -0.05) is 6.92 Å². The molecule has 3 aliphatic heterocycles. The smallest absolute Gasteiger partial charge is 0.321 e. The Morgan fingerprint density at radius 2 is 1.92 bits per heavy atom. The Morgan fingerprint density at radius 3 is 2.61 bits per heavy atom. The van der Waals surface area contributed by atoms with Gasteiger partial charge in [0.2, 0.25) is 0 Å². The normalized spacial score (nSPS) is 24.1. The lowest BCUT2D eigenvalue weighted by Gasteiger charge is -2.47. The van der Waals surface area contributed by atoms with Gasteiger partial charge in [0.05, 0.1) is 23.5 Å². The van der Waals surface area contributed by atoms with Gasteiger partial charge in [-0.05, 0) is 58.9 Å². The number of aromatic nitrogens is 4. The van der Waals surface area contributed by atoms with Gasteiger partial charge in [0.25, 0.3) is 5.91 Å². The fraction of sp³-hybridized carbons (Fsp3) is 0.704. The molecule has 2 atom stereocenters. The number of hydrogen-bond acceptors (Lipinski definition) is 6. The first-order valence-electron chi connectivity index (χ1n) is 13.9. The van der Waals surface area contributed by atoms with Crippen molar-refractivity contribution in [2.75, 3.05) is 38.2 Å². The predicted molar refractivity (Wildman–Crippen MR) is 144 cm³/mol. The second-order valence-corrected chi connectivity index (χ2v) is 11.7. The van der Waals surface area contributed by atoms with Crippen molar-refractivity contribution in [1.82, 2.24) is 34.7 Å². The molecule has 3 amide bonds. The number of anilines is 1. The van der Waals surface area contributed by atoms with Gasteiger partial charge in [0.1, 0.15) is 5.69 Å². The number of urea groups is 1. The molecule has 2 N–H and O–H groups in total. The summed E-state index contributed by atoms with van der Waals surface area (Å²) in [7, 11) is 1.76. The third-order valence-electron chi connectivity index (χ3n) is 8.65. The summed E-state index contributed by atoms with van der Waals surface area (Å²) >= 11 is 0. The molecule has 2 saturated heterocycles. The van der Waals surface area contributed by atoms with E-state index in [4.69, 9.17) is 4.74 Å². The molecule has 38 heavy (non-hydrogen) atoms. The van der Waals surface area contributed by atoms with E-state index < -0.39 is 5.54 Å². The molecule has 5 rings (SSSR count). The Bertz CT molecular complexity index is 1180. The van der Waals surface area contributed by atoms with E-state index in [1.807, 2.05) is 30.6 Å². The van der Waals surface area contributed by atoms with Crippen LogP contribution in [0.2, 0.25) is 0 Å². The number of aryl methyl sites for hydroxylation is 2. The Kier molecular flexibility index (Phi) is 7.25. The summed E-state index contributed by atoms with van der Waals surface area (Å²) in [5, 5.41) is 14.8. The van der Waals surface area contributed by atoms with Crippen LogP contribution in [0.4, 0.5) is 10.6 Å². The second-order valence-electron chi connectivity index (χ2n) is 11.7. The van der Waals surface area contributed by atoms with Crippen LogP contribution in [0, 0.1) is 5.92 Å². The zero-order valence-corrected chi connectivity index (χ0v) is 23.6. The predicted octanol–water partition coefficient (Wildman–Crippen LogP) is 2.95. The molecule has 2 fully saturated rings. The number of hydrogen-bond donors (Lipinski definition) is 2. The van der Waals surface area contributed by atoms with E-state index >= 15 is 0 Å². The Balaban J connectivity index is 1.27. The van der Waals surface area contributed by atoms with Crippen LogP contribution in [0.5, 0.6) is 0 Å². The summed E-state index contributed by atoms with van der Waals surface area (Å²) in [6.07, 6.45) is 2.99. The molecule has 2 aromatic heterocycles. The molecule has 5 heterocycles. The number of carbonyl (C=O) groups is 2. The van der Waals surface area contributed by atoms with Gasteiger partial charge in [0, 0.05) is 57.5 Å². The van der Waals surface area contributed by atoms with Gasteiger partial charge < -0.3 is 19.9 Å². The molecule has 0 unspecified atom stereocenters. The van der Waals surface area contributed by atoms with Crippen LogP contribution in [-0.4, -0.2) is 91.5 Å². The molecule has 11 nitrogen and oxygen atoms in total. The number of aromatic amines is 1. The SMILES string of the molecule is CCc1cc(C(=O)Nc2n[nH]c3c2CN(C(=O)N2C[C@@H](C)N(CC4CCOCC4)C[C@@H]2C)C3(C)C)n(C)n1. The van der Waals surface area contributed by atoms with Crippen LogP contribution in [0.25, 0.3) is 0 Å². The topological polar surface area (TPSA) is 112 Å². The minimum absolute atomic E-state index is 0.0289. The Hall–Kier alpha value is -2.92. The van der Waals surface area contributed by atoms with E-state index in [2.05, 4.69) is 39.4 Å². The number of fused-ring (bicyclic) bond motifs is 1. The Labute approximate surface area is 224 Å². The molecule has 0 saturated carbocycles. The summed E-state index contributed by atoms with van der Waals surface area (Å²) in [5.74, 6) is 0.874. The third kappa shape index (κ3) is 4.82. The van der Waals surface area contributed by atoms with Crippen LogP contribution >= 0.6 is 0 Å². The molecule has 0 aliphatic carbocycles.